The minimum Gasteiger partial charge on any atom is -0.481 e. The van der Waals surface area contributed by atoms with Crippen LogP contribution in [0.1, 0.15) is 44.9 Å². The molecule has 1 heterocycles. The zero-order valence-electron chi connectivity index (χ0n) is 11.7. The predicted molar refractivity (Wildman–Crippen MR) is 75.9 cm³/mol. The third-order valence-electron chi connectivity index (χ3n) is 3.96. The van der Waals surface area contributed by atoms with Gasteiger partial charge in [0.1, 0.15) is 0 Å². The Balaban J connectivity index is 2.05. The largest absolute Gasteiger partial charge is 0.481 e. The molecule has 0 spiro atoms. The van der Waals surface area contributed by atoms with Crippen LogP contribution < -0.4 is 10.9 Å². The Labute approximate surface area is 121 Å². The number of carboxylic acids is 1. The zero-order chi connectivity index (χ0) is 15.3. The summed E-state index contributed by atoms with van der Waals surface area (Å²) >= 11 is 0. The standard InChI is InChI=1S/C14H19N3O4/c18-11-6-5-10(16-17-11)15-12(19)9-14(13(20)21)7-3-1-2-4-8-14/h5-6H,1-4,7-9H2,(H,17,18)(H,20,21)(H,15,16,19). The fraction of sp³-hybridized carbons (Fsp3) is 0.571. The molecule has 114 valence electrons. The van der Waals surface area contributed by atoms with Gasteiger partial charge in [0.25, 0.3) is 5.56 Å². The molecule has 1 aliphatic rings. The summed E-state index contributed by atoms with van der Waals surface area (Å²) in [5.41, 5.74) is -1.35. The van der Waals surface area contributed by atoms with Gasteiger partial charge in [-0.2, -0.15) is 5.10 Å². The summed E-state index contributed by atoms with van der Waals surface area (Å²) in [6.45, 7) is 0. The number of aliphatic carboxylic acids is 1. The molecule has 7 heteroatoms. The summed E-state index contributed by atoms with van der Waals surface area (Å²) in [5, 5.41) is 18.0. The van der Waals surface area contributed by atoms with Crippen molar-refractivity contribution >= 4 is 17.7 Å². The number of anilines is 1. The zero-order valence-corrected chi connectivity index (χ0v) is 11.7. The van der Waals surface area contributed by atoms with Gasteiger partial charge in [0, 0.05) is 12.5 Å². The maximum absolute atomic E-state index is 12.1. The Kier molecular flexibility index (Phi) is 4.72. The minimum absolute atomic E-state index is 0.0663. The maximum atomic E-state index is 12.1. The average Bonchev–Trinajstić information content (AvgIpc) is 2.68. The monoisotopic (exact) mass is 293 g/mol. The molecule has 2 rings (SSSR count). The third kappa shape index (κ3) is 3.90. The van der Waals surface area contributed by atoms with Crippen molar-refractivity contribution in [3.05, 3.63) is 22.5 Å². The van der Waals surface area contributed by atoms with E-state index in [1.54, 1.807) is 0 Å². The lowest BCUT2D eigenvalue weighted by Gasteiger charge is -2.27. The second-order valence-electron chi connectivity index (χ2n) is 5.53. The number of aromatic amines is 1. The summed E-state index contributed by atoms with van der Waals surface area (Å²) in [6.07, 6.45) is 4.66. The lowest BCUT2D eigenvalue weighted by Crippen LogP contribution is -2.35. The first-order valence-corrected chi connectivity index (χ1v) is 7.11. The normalized spacial score (nSPS) is 17.7. The predicted octanol–water partition coefficient (Wildman–Crippen LogP) is 1.52. The van der Waals surface area contributed by atoms with Gasteiger partial charge in [-0.15, -0.1) is 0 Å². The van der Waals surface area contributed by atoms with E-state index in [2.05, 4.69) is 15.5 Å². The van der Waals surface area contributed by atoms with Crippen LogP contribution in [0.3, 0.4) is 0 Å². The second kappa shape index (κ2) is 6.51. The van der Waals surface area contributed by atoms with Crippen LogP contribution in [0.15, 0.2) is 16.9 Å². The van der Waals surface area contributed by atoms with Crippen LogP contribution in [0.5, 0.6) is 0 Å². The number of amides is 1. The van der Waals surface area contributed by atoms with E-state index in [4.69, 9.17) is 0 Å². The number of carbonyl (C=O) groups is 2. The Morgan fingerprint density at radius 2 is 1.90 bits per heavy atom. The quantitative estimate of drug-likeness (QED) is 0.729. The Hall–Kier alpha value is -2.18. The first kappa shape index (κ1) is 15.2. The molecular weight excluding hydrogens is 274 g/mol. The van der Waals surface area contributed by atoms with Gasteiger partial charge in [-0.25, -0.2) is 5.10 Å². The lowest BCUT2D eigenvalue weighted by molar-refractivity contribution is -0.152. The topological polar surface area (TPSA) is 112 Å². The van der Waals surface area contributed by atoms with Gasteiger partial charge in [0.2, 0.25) is 5.91 Å². The van der Waals surface area contributed by atoms with Crippen LogP contribution in [-0.2, 0) is 9.59 Å². The number of nitrogens with one attached hydrogen (secondary N) is 2. The Morgan fingerprint density at radius 3 is 2.43 bits per heavy atom. The molecular formula is C14H19N3O4. The number of rotatable bonds is 4. The summed E-state index contributed by atoms with van der Waals surface area (Å²) in [4.78, 5) is 34.6. The van der Waals surface area contributed by atoms with Crippen LogP contribution in [0.4, 0.5) is 5.82 Å². The lowest BCUT2D eigenvalue weighted by atomic mass is 9.77. The van der Waals surface area contributed by atoms with E-state index in [0.717, 1.165) is 25.7 Å². The molecule has 1 aromatic rings. The van der Waals surface area contributed by atoms with Crippen LogP contribution in [0.25, 0.3) is 0 Å². The molecule has 1 amide bonds. The molecule has 1 saturated carbocycles. The number of hydrogen-bond donors (Lipinski definition) is 3. The van der Waals surface area contributed by atoms with Crippen molar-refractivity contribution in [2.75, 3.05) is 5.32 Å². The van der Waals surface area contributed by atoms with E-state index in [1.165, 1.54) is 12.1 Å². The molecule has 7 nitrogen and oxygen atoms in total. The highest BCUT2D eigenvalue weighted by Gasteiger charge is 2.40. The first-order valence-electron chi connectivity index (χ1n) is 7.11. The molecule has 21 heavy (non-hydrogen) atoms. The van der Waals surface area contributed by atoms with Crippen LogP contribution in [0.2, 0.25) is 0 Å². The van der Waals surface area contributed by atoms with Gasteiger partial charge >= 0.3 is 5.97 Å². The highest BCUT2D eigenvalue weighted by atomic mass is 16.4. The number of H-pyrrole nitrogens is 1. The first-order chi connectivity index (χ1) is 10.0. The fourth-order valence-electron chi connectivity index (χ4n) is 2.78. The van der Waals surface area contributed by atoms with Crippen LogP contribution in [-0.4, -0.2) is 27.2 Å². The van der Waals surface area contributed by atoms with E-state index < -0.39 is 11.4 Å². The second-order valence-corrected chi connectivity index (χ2v) is 5.53. The average molecular weight is 293 g/mol. The molecule has 0 radical (unpaired) electrons. The van der Waals surface area contributed by atoms with Gasteiger partial charge in [0.15, 0.2) is 5.82 Å². The summed E-state index contributed by atoms with van der Waals surface area (Å²) < 4.78 is 0. The Bertz CT molecular complexity index is 553. The van der Waals surface area contributed by atoms with Gasteiger partial charge in [0.05, 0.1) is 5.41 Å². The minimum atomic E-state index is -0.983. The fourth-order valence-corrected chi connectivity index (χ4v) is 2.78. The molecule has 0 saturated heterocycles. The summed E-state index contributed by atoms with van der Waals surface area (Å²) in [7, 11) is 0. The third-order valence-corrected chi connectivity index (χ3v) is 3.96. The molecule has 1 aliphatic carbocycles. The molecule has 1 aromatic heterocycles. The van der Waals surface area contributed by atoms with Crippen molar-refractivity contribution in [3.63, 3.8) is 0 Å². The van der Waals surface area contributed by atoms with Crippen LogP contribution in [0, 0.1) is 5.41 Å². The maximum Gasteiger partial charge on any atom is 0.310 e. The molecule has 0 unspecified atom stereocenters. The molecule has 0 aromatic carbocycles. The SMILES string of the molecule is O=C(CC1(C(=O)O)CCCCCC1)Nc1ccc(=O)[nH]n1. The molecule has 0 bridgehead atoms. The smallest absolute Gasteiger partial charge is 0.310 e. The summed E-state index contributed by atoms with van der Waals surface area (Å²) in [6, 6.07) is 2.64. The summed E-state index contributed by atoms with van der Waals surface area (Å²) in [5.74, 6) is -1.08. The van der Waals surface area contributed by atoms with Gasteiger partial charge < -0.3 is 10.4 Å². The number of aromatic nitrogens is 2. The van der Waals surface area contributed by atoms with Crippen molar-refractivity contribution < 1.29 is 14.7 Å². The highest BCUT2D eigenvalue weighted by Crippen LogP contribution is 2.38. The van der Waals surface area contributed by atoms with Crippen molar-refractivity contribution in [2.24, 2.45) is 5.41 Å². The molecule has 3 N–H and O–H groups in total. The van der Waals surface area contributed by atoms with Crippen LogP contribution >= 0.6 is 0 Å². The van der Waals surface area contributed by atoms with Crippen molar-refractivity contribution in [1.82, 2.24) is 10.2 Å². The van der Waals surface area contributed by atoms with Crippen molar-refractivity contribution in [3.8, 4) is 0 Å². The van der Waals surface area contributed by atoms with Crippen molar-refractivity contribution in [1.29, 1.82) is 0 Å². The molecule has 0 aliphatic heterocycles. The van der Waals surface area contributed by atoms with E-state index >= 15 is 0 Å². The van der Waals surface area contributed by atoms with E-state index in [9.17, 15) is 19.5 Å². The molecule has 1 fully saturated rings. The van der Waals surface area contributed by atoms with Gasteiger partial charge in [-0.1, -0.05) is 25.7 Å². The van der Waals surface area contributed by atoms with E-state index in [1.807, 2.05) is 0 Å². The van der Waals surface area contributed by atoms with Gasteiger partial charge in [-0.05, 0) is 18.9 Å². The number of carboxylic acid groups (broad SMARTS) is 1. The van der Waals surface area contributed by atoms with Gasteiger partial charge in [-0.3, -0.25) is 14.4 Å². The van der Waals surface area contributed by atoms with E-state index in [0.29, 0.717) is 12.8 Å². The number of hydrogen-bond acceptors (Lipinski definition) is 4. The highest BCUT2D eigenvalue weighted by molar-refractivity contribution is 5.93. The number of carbonyl (C=O) groups excluding carboxylic acids is 1. The molecule has 0 atom stereocenters. The Morgan fingerprint density at radius 1 is 1.24 bits per heavy atom. The van der Waals surface area contributed by atoms with E-state index in [-0.39, 0.29) is 23.7 Å². The van der Waals surface area contributed by atoms with Crippen molar-refractivity contribution in [2.45, 2.75) is 44.9 Å². The number of nitrogens with zero attached hydrogens (tertiary/aromatic N) is 1.